The Bertz CT molecular complexity index is 818. The summed E-state index contributed by atoms with van der Waals surface area (Å²) in [5.41, 5.74) is -0.0456. The van der Waals surface area contributed by atoms with Crippen molar-refractivity contribution in [2.24, 2.45) is 0 Å². The van der Waals surface area contributed by atoms with E-state index in [-0.39, 0.29) is 22.2 Å². The second-order valence-corrected chi connectivity index (χ2v) is 5.00. The van der Waals surface area contributed by atoms with Gasteiger partial charge in [0.1, 0.15) is 5.56 Å². The van der Waals surface area contributed by atoms with Gasteiger partial charge < -0.3 is 14.6 Å². The van der Waals surface area contributed by atoms with Gasteiger partial charge in [-0.15, -0.1) is 0 Å². The fraction of sp³-hybridized carbons (Fsp3) is 0.143. The Morgan fingerprint density at radius 1 is 1.32 bits per heavy atom. The molecule has 0 unspecified atom stereocenters. The lowest BCUT2D eigenvalue weighted by molar-refractivity contribution is 0.0999. The van der Waals surface area contributed by atoms with E-state index >= 15 is 0 Å². The van der Waals surface area contributed by atoms with Gasteiger partial charge in [-0.1, -0.05) is 11.6 Å². The Kier molecular flexibility index (Phi) is 4.89. The Balaban J connectivity index is 2.71. The zero-order chi connectivity index (χ0) is 16.3. The minimum atomic E-state index is -0.556. The highest BCUT2D eigenvalue weighted by atomic mass is 35.5. The topological polar surface area (TPSA) is 76.5 Å². The first-order chi connectivity index (χ1) is 10.5. The third kappa shape index (κ3) is 3.15. The molecule has 8 heteroatoms. The number of rotatable bonds is 4. The number of H-pyrrole nitrogens is 1. The van der Waals surface area contributed by atoms with Gasteiger partial charge in [0.15, 0.2) is 4.77 Å². The van der Waals surface area contributed by atoms with Crippen molar-refractivity contribution in [3.63, 3.8) is 0 Å². The van der Waals surface area contributed by atoms with E-state index < -0.39 is 5.56 Å². The largest absolute Gasteiger partial charge is 0.494 e. The average Bonchev–Trinajstić information content (AvgIpc) is 2.49. The van der Waals surface area contributed by atoms with Gasteiger partial charge in [-0.25, -0.2) is 0 Å². The van der Waals surface area contributed by atoms with Crippen molar-refractivity contribution in [2.45, 2.75) is 0 Å². The van der Waals surface area contributed by atoms with Gasteiger partial charge in [-0.2, -0.15) is 0 Å². The number of methoxy groups -OCH3 is 2. The summed E-state index contributed by atoms with van der Waals surface area (Å²) in [5, 5.41) is 10.9. The maximum atomic E-state index is 12.0. The predicted molar refractivity (Wildman–Crippen MR) is 85.9 cm³/mol. The third-order valence-electron chi connectivity index (χ3n) is 2.87. The summed E-state index contributed by atoms with van der Waals surface area (Å²) < 4.78 is 11.2. The Morgan fingerprint density at radius 3 is 2.45 bits per heavy atom. The second kappa shape index (κ2) is 6.67. The molecule has 0 aliphatic heterocycles. The summed E-state index contributed by atoms with van der Waals surface area (Å²) in [5.74, 6) is -0.261. The first kappa shape index (κ1) is 16.1. The molecule has 0 amide bonds. The van der Waals surface area contributed by atoms with Crippen LogP contribution in [0.3, 0.4) is 0 Å². The lowest BCUT2D eigenvalue weighted by atomic mass is 10.2. The fourth-order valence-electron chi connectivity index (χ4n) is 1.82. The number of benzene rings is 1. The summed E-state index contributed by atoms with van der Waals surface area (Å²) in [6.45, 7) is 0. The molecule has 22 heavy (non-hydrogen) atoms. The van der Waals surface area contributed by atoms with Crippen molar-refractivity contribution >= 4 is 29.9 Å². The zero-order valence-corrected chi connectivity index (χ0v) is 13.4. The minimum Gasteiger partial charge on any atom is -0.494 e. The van der Waals surface area contributed by atoms with Gasteiger partial charge in [0, 0.05) is 11.1 Å². The lowest BCUT2D eigenvalue weighted by Crippen LogP contribution is -2.16. The van der Waals surface area contributed by atoms with Crippen LogP contribution in [0.1, 0.15) is 5.56 Å². The summed E-state index contributed by atoms with van der Waals surface area (Å²) in [4.78, 5) is 14.5. The van der Waals surface area contributed by atoms with Crippen molar-refractivity contribution in [2.75, 3.05) is 14.2 Å². The van der Waals surface area contributed by atoms with E-state index in [1.807, 2.05) is 0 Å². The number of halogens is 1. The molecule has 116 valence electrons. The van der Waals surface area contributed by atoms with Crippen LogP contribution in [-0.2, 0) is 9.47 Å². The van der Waals surface area contributed by atoms with E-state index in [4.69, 9.17) is 33.3 Å². The van der Waals surface area contributed by atoms with Crippen molar-refractivity contribution in [1.82, 2.24) is 9.55 Å². The molecule has 2 N–H and O–H groups in total. The lowest BCUT2D eigenvalue weighted by Gasteiger charge is -2.12. The number of nitrogens with one attached hydrogen (secondary N) is 1. The van der Waals surface area contributed by atoms with Crippen molar-refractivity contribution in [1.29, 1.82) is 0 Å². The Hall–Kier alpha value is -2.25. The highest BCUT2D eigenvalue weighted by Crippen LogP contribution is 2.22. The van der Waals surface area contributed by atoms with Gasteiger partial charge in [-0.05, 0) is 36.5 Å². The van der Waals surface area contributed by atoms with Crippen LogP contribution < -0.4 is 5.56 Å². The van der Waals surface area contributed by atoms with Crippen LogP contribution in [-0.4, -0.2) is 28.9 Å². The molecule has 0 saturated carbocycles. The minimum absolute atomic E-state index is 0.0396. The van der Waals surface area contributed by atoms with Crippen molar-refractivity contribution < 1.29 is 14.6 Å². The van der Waals surface area contributed by atoms with Crippen LogP contribution in [0, 0.1) is 4.77 Å². The van der Waals surface area contributed by atoms with Crippen LogP contribution >= 0.6 is 23.8 Å². The van der Waals surface area contributed by atoms with Gasteiger partial charge in [0.05, 0.1) is 19.9 Å². The monoisotopic (exact) mass is 340 g/mol. The van der Waals surface area contributed by atoms with Gasteiger partial charge in [0.2, 0.25) is 5.88 Å². The second-order valence-electron chi connectivity index (χ2n) is 4.18. The normalized spacial score (nSPS) is 10.1. The van der Waals surface area contributed by atoms with E-state index in [0.717, 1.165) is 0 Å². The molecule has 1 aromatic heterocycles. The van der Waals surface area contributed by atoms with Gasteiger partial charge >= 0.3 is 0 Å². The average molecular weight is 341 g/mol. The maximum Gasteiger partial charge on any atom is 0.279 e. The van der Waals surface area contributed by atoms with Gasteiger partial charge in [-0.3, -0.25) is 14.3 Å². The fourth-order valence-corrected chi connectivity index (χ4v) is 2.23. The highest BCUT2D eigenvalue weighted by Gasteiger charge is 2.14. The van der Waals surface area contributed by atoms with E-state index in [1.54, 1.807) is 24.3 Å². The Labute approximate surface area is 136 Å². The molecule has 2 aromatic rings. The molecule has 0 radical (unpaired) electrons. The number of aromatic amines is 1. The van der Waals surface area contributed by atoms with Crippen LogP contribution in [0.2, 0.25) is 5.02 Å². The van der Waals surface area contributed by atoms with Crippen LogP contribution in [0.5, 0.6) is 5.88 Å². The SMILES string of the molecule is COC(=Cc1c(O)n(-c2ccc(Cl)cc2)c(=S)[nH]c1=O)OC. The number of aromatic hydroxyl groups is 1. The predicted octanol–water partition coefficient (Wildman–Crippen LogP) is 2.85. The molecule has 0 fully saturated rings. The molecule has 0 bridgehead atoms. The molecule has 2 rings (SSSR count). The van der Waals surface area contributed by atoms with Crippen LogP contribution in [0.15, 0.2) is 35.0 Å². The molecule has 1 aromatic carbocycles. The Morgan fingerprint density at radius 2 is 1.91 bits per heavy atom. The van der Waals surface area contributed by atoms with Crippen molar-refractivity contribution in [3.8, 4) is 11.6 Å². The van der Waals surface area contributed by atoms with E-state index in [9.17, 15) is 9.90 Å². The van der Waals surface area contributed by atoms with E-state index in [1.165, 1.54) is 24.9 Å². The number of hydrogen-bond donors (Lipinski definition) is 2. The maximum absolute atomic E-state index is 12.0. The molecular formula is C14H13ClN2O4S. The number of aromatic nitrogens is 2. The number of nitrogens with zero attached hydrogens (tertiary/aromatic N) is 1. The molecule has 0 atom stereocenters. The summed E-state index contributed by atoms with van der Waals surface area (Å²) in [6, 6.07) is 6.62. The molecule has 0 aliphatic rings. The molecule has 1 heterocycles. The van der Waals surface area contributed by atoms with Gasteiger partial charge in [0.25, 0.3) is 11.5 Å². The summed E-state index contributed by atoms with van der Waals surface area (Å²) in [6.07, 6.45) is 1.27. The third-order valence-corrected chi connectivity index (χ3v) is 3.41. The first-order valence-corrected chi connectivity index (χ1v) is 6.90. The zero-order valence-electron chi connectivity index (χ0n) is 11.8. The quantitative estimate of drug-likeness (QED) is 0.661. The highest BCUT2D eigenvalue weighted by molar-refractivity contribution is 7.71. The number of ether oxygens (including phenoxy) is 2. The van der Waals surface area contributed by atoms with Crippen molar-refractivity contribution in [3.05, 3.63) is 55.9 Å². The molecule has 6 nitrogen and oxygen atoms in total. The molecule has 0 spiro atoms. The van der Waals surface area contributed by atoms with Crippen LogP contribution in [0.25, 0.3) is 11.8 Å². The molecular weight excluding hydrogens is 328 g/mol. The number of hydrogen-bond acceptors (Lipinski definition) is 5. The van der Waals surface area contributed by atoms with E-state index in [0.29, 0.717) is 10.7 Å². The summed E-state index contributed by atoms with van der Waals surface area (Å²) >= 11 is 10.9. The smallest absolute Gasteiger partial charge is 0.279 e. The standard InChI is InChI=1S/C14H13ClN2O4S/c1-20-11(21-2)7-10-12(18)16-14(22)17(13(10)19)9-5-3-8(15)4-6-9/h3-7,19H,1-2H3,(H,16,18,22). The molecule has 0 aliphatic carbocycles. The van der Waals surface area contributed by atoms with E-state index in [2.05, 4.69) is 4.98 Å². The molecule has 0 saturated heterocycles. The summed E-state index contributed by atoms with van der Waals surface area (Å²) in [7, 11) is 2.77. The van der Waals surface area contributed by atoms with Crippen LogP contribution in [0.4, 0.5) is 0 Å². The first-order valence-electron chi connectivity index (χ1n) is 6.12.